The summed E-state index contributed by atoms with van der Waals surface area (Å²) in [6, 6.07) is 5.18. The summed E-state index contributed by atoms with van der Waals surface area (Å²) in [5, 5.41) is 6.66. The molecular weight excluding hydrogens is 248 g/mol. The van der Waals surface area contributed by atoms with E-state index in [2.05, 4.69) is 10.4 Å². The molecule has 0 aliphatic carbocycles. The Kier molecular flexibility index (Phi) is 2.52. The molecule has 0 saturated carbocycles. The van der Waals surface area contributed by atoms with Gasteiger partial charge in [0.05, 0.1) is 11.9 Å². The van der Waals surface area contributed by atoms with Crippen LogP contribution in [0.1, 0.15) is 10.5 Å². The van der Waals surface area contributed by atoms with Crippen molar-refractivity contribution in [2.75, 3.05) is 17.8 Å². The molecule has 98 valence electrons. The number of anilines is 2. The molecule has 3 N–H and O–H groups in total. The number of benzene rings is 1. The van der Waals surface area contributed by atoms with Crippen LogP contribution in [-0.4, -0.2) is 22.5 Å². The van der Waals surface area contributed by atoms with Gasteiger partial charge < -0.3 is 20.5 Å². The zero-order valence-electron chi connectivity index (χ0n) is 10.2. The molecule has 1 aliphatic rings. The topological polar surface area (TPSA) is 91.4 Å². The number of amides is 1. The number of ether oxygens (including phenoxy) is 2. The highest BCUT2D eigenvalue weighted by atomic mass is 16.7. The van der Waals surface area contributed by atoms with Crippen LogP contribution in [0.25, 0.3) is 0 Å². The largest absolute Gasteiger partial charge is 0.454 e. The van der Waals surface area contributed by atoms with Gasteiger partial charge in [-0.25, -0.2) is 0 Å². The van der Waals surface area contributed by atoms with Crippen molar-refractivity contribution in [3.63, 3.8) is 0 Å². The van der Waals surface area contributed by atoms with Gasteiger partial charge in [0.15, 0.2) is 11.5 Å². The van der Waals surface area contributed by atoms with E-state index in [9.17, 15) is 4.79 Å². The lowest BCUT2D eigenvalue weighted by molar-refractivity contribution is 0.101. The second-order valence-corrected chi connectivity index (χ2v) is 4.09. The van der Waals surface area contributed by atoms with Gasteiger partial charge >= 0.3 is 0 Å². The first-order chi connectivity index (χ1) is 9.15. The summed E-state index contributed by atoms with van der Waals surface area (Å²) < 4.78 is 11.9. The third-order valence-electron chi connectivity index (χ3n) is 2.81. The highest BCUT2D eigenvalue weighted by molar-refractivity contribution is 6.06. The highest BCUT2D eigenvalue weighted by Crippen LogP contribution is 2.34. The quantitative estimate of drug-likeness (QED) is 0.840. The molecule has 2 heterocycles. The number of nitrogens with one attached hydrogen (secondary N) is 1. The van der Waals surface area contributed by atoms with Gasteiger partial charge in [-0.1, -0.05) is 0 Å². The molecule has 3 rings (SSSR count). The molecule has 0 radical (unpaired) electrons. The first kappa shape index (κ1) is 11.4. The Labute approximate surface area is 108 Å². The lowest BCUT2D eigenvalue weighted by Gasteiger charge is -2.07. The predicted octanol–water partition coefficient (Wildman–Crippen LogP) is 0.983. The van der Waals surface area contributed by atoms with Crippen LogP contribution in [0.15, 0.2) is 24.4 Å². The summed E-state index contributed by atoms with van der Waals surface area (Å²) in [6.45, 7) is 0.196. The van der Waals surface area contributed by atoms with E-state index in [4.69, 9.17) is 15.2 Å². The molecule has 0 unspecified atom stereocenters. The van der Waals surface area contributed by atoms with Crippen molar-refractivity contribution in [2.45, 2.75) is 0 Å². The summed E-state index contributed by atoms with van der Waals surface area (Å²) in [6.07, 6.45) is 1.44. The Bertz CT molecular complexity index is 631. The second-order valence-electron chi connectivity index (χ2n) is 4.09. The van der Waals surface area contributed by atoms with Gasteiger partial charge in [-0.05, 0) is 12.1 Å². The third-order valence-corrected chi connectivity index (χ3v) is 2.81. The van der Waals surface area contributed by atoms with Crippen LogP contribution < -0.4 is 20.5 Å². The monoisotopic (exact) mass is 260 g/mol. The van der Waals surface area contributed by atoms with Crippen LogP contribution in [0.4, 0.5) is 11.4 Å². The second kappa shape index (κ2) is 4.20. The maximum atomic E-state index is 12.1. The molecule has 1 aliphatic heterocycles. The SMILES string of the molecule is Cn1ncc(N)c1C(=O)Nc1ccc2c(c1)OCO2. The standard InChI is InChI=1S/C12H12N4O3/c1-16-11(8(13)5-14-16)12(17)15-7-2-3-9-10(4-7)19-6-18-9/h2-5H,6,13H2,1H3,(H,15,17). The number of aromatic nitrogens is 2. The number of nitrogens with two attached hydrogens (primary N) is 1. The highest BCUT2D eigenvalue weighted by Gasteiger charge is 2.17. The maximum absolute atomic E-state index is 12.1. The van der Waals surface area contributed by atoms with Gasteiger partial charge in [0.1, 0.15) is 5.69 Å². The third kappa shape index (κ3) is 1.95. The Morgan fingerprint density at radius 3 is 2.95 bits per heavy atom. The van der Waals surface area contributed by atoms with Crippen molar-refractivity contribution in [1.29, 1.82) is 0 Å². The molecule has 0 bridgehead atoms. The molecule has 0 atom stereocenters. The molecule has 1 aromatic carbocycles. The van der Waals surface area contributed by atoms with Gasteiger partial charge in [-0.15, -0.1) is 0 Å². The predicted molar refractivity (Wildman–Crippen MR) is 68.1 cm³/mol. The van der Waals surface area contributed by atoms with Gasteiger partial charge in [0, 0.05) is 18.8 Å². The van der Waals surface area contributed by atoms with Crippen molar-refractivity contribution < 1.29 is 14.3 Å². The summed E-state index contributed by atoms with van der Waals surface area (Å²) in [5.41, 5.74) is 6.95. The van der Waals surface area contributed by atoms with E-state index in [1.54, 1.807) is 25.2 Å². The fourth-order valence-corrected chi connectivity index (χ4v) is 1.90. The summed E-state index contributed by atoms with van der Waals surface area (Å²) in [7, 11) is 1.66. The molecule has 7 heteroatoms. The zero-order valence-corrected chi connectivity index (χ0v) is 10.2. The van der Waals surface area contributed by atoms with Crippen molar-refractivity contribution >= 4 is 17.3 Å². The average molecular weight is 260 g/mol. The number of nitrogens with zero attached hydrogens (tertiary/aromatic N) is 2. The first-order valence-electron chi connectivity index (χ1n) is 5.63. The van der Waals surface area contributed by atoms with Crippen molar-refractivity contribution in [3.8, 4) is 11.5 Å². The number of carbonyl (C=O) groups is 1. The molecule has 0 spiro atoms. The molecule has 1 aromatic heterocycles. The minimum atomic E-state index is -0.323. The van der Waals surface area contributed by atoms with Crippen LogP contribution in [0.5, 0.6) is 11.5 Å². The number of nitrogen functional groups attached to an aromatic ring is 1. The molecular formula is C12H12N4O3. The molecule has 19 heavy (non-hydrogen) atoms. The van der Waals surface area contributed by atoms with E-state index in [1.807, 2.05) is 0 Å². The van der Waals surface area contributed by atoms with Crippen LogP contribution in [-0.2, 0) is 7.05 Å². The van der Waals surface area contributed by atoms with E-state index in [0.717, 1.165) is 0 Å². The van der Waals surface area contributed by atoms with E-state index in [0.29, 0.717) is 28.6 Å². The molecule has 1 amide bonds. The van der Waals surface area contributed by atoms with E-state index < -0.39 is 0 Å². The van der Waals surface area contributed by atoms with Gasteiger partial charge in [0.2, 0.25) is 6.79 Å². The maximum Gasteiger partial charge on any atom is 0.276 e. The first-order valence-corrected chi connectivity index (χ1v) is 5.63. The zero-order chi connectivity index (χ0) is 13.4. The number of carbonyl (C=O) groups excluding carboxylic acids is 1. The van der Waals surface area contributed by atoms with Crippen LogP contribution in [0, 0.1) is 0 Å². The smallest absolute Gasteiger partial charge is 0.276 e. The number of hydrogen-bond donors (Lipinski definition) is 2. The Morgan fingerprint density at radius 1 is 1.42 bits per heavy atom. The van der Waals surface area contributed by atoms with Crippen molar-refractivity contribution in [3.05, 3.63) is 30.1 Å². The lowest BCUT2D eigenvalue weighted by atomic mass is 10.2. The number of aryl methyl sites for hydroxylation is 1. The van der Waals surface area contributed by atoms with E-state index in [1.165, 1.54) is 10.9 Å². The lowest BCUT2D eigenvalue weighted by Crippen LogP contribution is -2.17. The van der Waals surface area contributed by atoms with Crippen LogP contribution in [0.3, 0.4) is 0 Å². The fourth-order valence-electron chi connectivity index (χ4n) is 1.90. The van der Waals surface area contributed by atoms with Gasteiger partial charge in [0.25, 0.3) is 5.91 Å². The minimum Gasteiger partial charge on any atom is -0.454 e. The Morgan fingerprint density at radius 2 is 2.21 bits per heavy atom. The fraction of sp³-hybridized carbons (Fsp3) is 0.167. The average Bonchev–Trinajstić information content (AvgIpc) is 2.95. The number of rotatable bonds is 2. The van der Waals surface area contributed by atoms with Crippen molar-refractivity contribution in [2.24, 2.45) is 7.05 Å². The summed E-state index contributed by atoms with van der Waals surface area (Å²) >= 11 is 0. The molecule has 2 aromatic rings. The summed E-state index contributed by atoms with van der Waals surface area (Å²) in [4.78, 5) is 12.1. The number of hydrogen-bond acceptors (Lipinski definition) is 5. The van der Waals surface area contributed by atoms with Gasteiger partial charge in [-0.3, -0.25) is 9.48 Å². The van der Waals surface area contributed by atoms with Crippen molar-refractivity contribution in [1.82, 2.24) is 9.78 Å². The molecule has 0 fully saturated rings. The summed E-state index contributed by atoms with van der Waals surface area (Å²) in [5.74, 6) is 0.949. The Balaban J connectivity index is 1.84. The number of fused-ring (bicyclic) bond motifs is 1. The van der Waals surface area contributed by atoms with E-state index >= 15 is 0 Å². The normalized spacial score (nSPS) is 12.5. The molecule has 0 saturated heterocycles. The molecule has 7 nitrogen and oxygen atoms in total. The van der Waals surface area contributed by atoms with E-state index in [-0.39, 0.29) is 12.7 Å². The minimum absolute atomic E-state index is 0.196. The van der Waals surface area contributed by atoms with Crippen LogP contribution in [0.2, 0.25) is 0 Å². The van der Waals surface area contributed by atoms with Gasteiger partial charge in [-0.2, -0.15) is 5.10 Å². The van der Waals surface area contributed by atoms with Crippen LogP contribution >= 0.6 is 0 Å². The Hall–Kier alpha value is -2.70.